The topological polar surface area (TPSA) is 45.2 Å². The predicted octanol–water partition coefficient (Wildman–Crippen LogP) is 4.56. The van der Waals surface area contributed by atoms with E-state index in [1.54, 1.807) is 28.4 Å². The maximum absolute atomic E-state index is 12.7. The fourth-order valence-corrected chi connectivity index (χ4v) is 4.21. The van der Waals surface area contributed by atoms with Crippen molar-refractivity contribution in [2.45, 2.75) is 23.8 Å². The minimum atomic E-state index is -0.0986. The first-order valence-electron chi connectivity index (χ1n) is 7.42. The Bertz CT molecular complexity index is 749. The van der Waals surface area contributed by atoms with Crippen molar-refractivity contribution >= 4 is 40.9 Å². The van der Waals surface area contributed by atoms with E-state index in [1.165, 1.54) is 0 Å². The van der Waals surface area contributed by atoms with E-state index < -0.39 is 0 Å². The molecule has 1 aliphatic heterocycles. The number of hydrogen-bond acceptors (Lipinski definition) is 4. The Morgan fingerprint density at radius 3 is 2.96 bits per heavy atom. The molecule has 0 unspecified atom stereocenters. The van der Waals surface area contributed by atoms with E-state index in [1.807, 2.05) is 50.4 Å². The summed E-state index contributed by atoms with van der Waals surface area (Å²) in [6.45, 7) is 4.71. The van der Waals surface area contributed by atoms with Gasteiger partial charge in [-0.1, -0.05) is 6.07 Å². The molecule has 0 fully saturated rings. The monoisotopic (exact) mass is 345 g/mol. The number of carbonyl (C=O) groups is 1. The van der Waals surface area contributed by atoms with Gasteiger partial charge >= 0.3 is 6.03 Å². The molecular weight excluding hydrogens is 326 g/mol. The number of pyridine rings is 1. The van der Waals surface area contributed by atoms with Crippen LogP contribution in [0.3, 0.4) is 0 Å². The smallest absolute Gasteiger partial charge is 0.307 e. The summed E-state index contributed by atoms with van der Waals surface area (Å²) in [6.07, 6.45) is 2.02. The van der Waals surface area contributed by atoms with Gasteiger partial charge in [-0.15, -0.1) is 23.5 Å². The number of carbonyl (C=O) groups excluding carboxylic acids is 1. The Labute approximate surface area is 145 Å². The average molecular weight is 345 g/mol. The Kier molecular flexibility index (Phi) is 4.82. The van der Waals surface area contributed by atoms with Gasteiger partial charge in [0.2, 0.25) is 0 Å². The van der Waals surface area contributed by atoms with Crippen molar-refractivity contribution in [2.75, 3.05) is 28.8 Å². The van der Waals surface area contributed by atoms with Crippen LogP contribution in [-0.2, 0) is 0 Å². The third kappa shape index (κ3) is 3.48. The van der Waals surface area contributed by atoms with Crippen LogP contribution in [0.15, 0.2) is 40.3 Å². The Morgan fingerprint density at radius 2 is 2.17 bits per heavy atom. The molecule has 4 nitrogen and oxygen atoms in total. The Balaban J connectivity index is 1.87. The molecule has 0 atom stereocenters. The summed E-state index contributed by atoms with van der Waals surface area (Å²) >= 11 is 3.37. The number of aryl methyl sites for hydroxylation is 2. The molecule has 2 heterocycles. The maximum atomic E-state index is 12.7. The van der Waals surface area contributed by atoms with Gasteiger partial charge in [0.1, 0.15) is 5.03 Å². The van der Waals surface area contributed by atoms with E-state index in [-0.39, 0.29) is 6.03 Å². The fraction of sp³-hybridized carbons (Fsp3) is 0.294. The van der Waals surface area contributed by atoms with Crippen LogP contribution in [0.4, 0.5) is 16.2 Å². The first kappa shape index (κ1) is 16.2. The number of fused-ring (bicyclic) bond motifs is 1. The summed E-state index contributed by atoms with van der Waals surface area (Å²) in [7, 11) is 0. The molecule has 0 saturated carbocycles. The van der Waals surface area contributed by atoms with E-state index >= 15 is 0 Å². The van der Waals surface area contributed by atoms with Crippen molar-refractivity contribution in [3.05, 3.63) is 41.6 Å². The van der Waals surface area contributed by atoms with Crippen molar-refractivity contribution in [3.63, 3.8) is 0 Å². The second-order valence-electron chi connectivity index (χ2n) is 5.40. The summed E-state index contributed by atoms with van der Waals surface area (Å²) in [5, 5.41) is 3.95. The van der Waals surface area contributed by atoms with E-state index in [0.29, 0.717) is 6.54 Å². The van der Waals surface area contributed by atoms with Gasteiger partial charge in [-0.05, 0) is 49.9 Å². The van der Waals surface area contributed by atoms with Crippen LogP contribution in [0, 0.1) is 13.8 Å². The van der Waals surface area contributed by atoms with Crippen LogP contribution in [0.25, 0.3) is 0 Å². The van der Waals surface area contributed by atoms with Gasteiger partial charge in [0, 0.05) is 28.6 Å². The SMILES string of the molecule is CSc1cccc(NC(=O)N2CCSc3nc(C)cc(C)c32)c1. The number of nitrogens with one attached hydrogen (secondary N) is 1. The van der Waals surface area contributed by atoms with E-state index in [9.17, 15) is 4.79 Å². The maximum Gasteiger partial charge on any atom is 0.326 e. The first-order chi connectivity index (χ1) is 11.1. The molecule has 6 heteroatoms. The molecule has 0 radical (unpaired) electrons. The minimum absolute atomic E-state index is 0.0986. The quantitative estimate of drug-likeness (QED) is 0.810. The van der Waals surface area contributed by atoms with Crippen LogP contribution in [0.1, 0.15) is 11.3 Å². The lowest BCUT2D eigenvalue weighted by atomic mass is 10.2. The Hall–Kier alpha value is -1.66. The van der Waals surface area contributed by atoms with Gasteiger partial charge in [0.25, 0.3) is 0 Å². The number of thioether (sulfide) groups is 2. The zero-order chi connectivity index (χ0) is 16.4. The summed E-state index contributed by atoms with van der Waals surface area (Å²) in [5.41, 5.74) is 3.83. The molecule has 0 aliphatic carbocycles. The number of rotatable bonds is 2. The lowest BCUT2D eigenvalue weighted by molar-refractivity contribution is 0.257. The van der Waals surface area contributed by atoms with Crippen molar-refractivity contribution < 1.29 is 4.79 Å². The number of amides is 2. The normalized spacial score (nSPS) is 13.6. The van der Waals surface area contributed by atoms with Crippen LogP contribution in [0.5, 0.6) is 0 Å². The van der Waals surface area contributed by atoms with E-state index in [4.69, 9.17) is 0 Å². The zero-order valence-corrected chi connectivity index (χ0v) is 15.1. The molecular formula is C17H19N3OS2. The second-order valence-corrected chi connectivity index (χ2v) is 7.36. The molecule has 2 amide bonds. The lowest BCUT2D eigenvalue weighted by Gasteiger charge is -2.30. The highest BCUT2D eigenvalue weighted by molar-refractivity contribution is 7.99. The number of hydrogen-bond donors (Lipinski definition) is 1. The number of benzene rings is 1. The molecule has 1 N–H and O–H groups in total. The zero-order valence-electron chi connectivity index (χ0n) is 13.4. The van der Waals surface area contributed by atoms with Crippen molar-refractivity contribution in [2.24, 2.45) is 0 Å². The number of nitrogens with zero attached hydrogens (tertiary/aromatic N) is 2. The number of urea groups is 1. The number of aromatic nitrogens is 1. The average Bonchev–Trinajstić information content (AvgIpc) is 2.54. The predicted molar refractivity (Wildman–Crippen MR) is 99.0 cm³/mol. The lowest BCUT2D eigenvalue weighted by Crippen LogP contribution is -2.39. The minimum Gasteiger partial charge on any atom is -0.307 e. The van der Waals surface area contributed by atoms with Crippen LogP contribution < -0.4 is 10.2 Å². The molecule has 0 spiro atoms. The highest BCUT2D eigenvalue weighted by Crippen LogP contribution is 2.36. The van der Waals surface area contributed by atoms with E-state index in [2.05, 4.69) is 10.3 Å². The largest absolute Gasteiger partial charge is 0.326 e. The van der Waals surface area contributed by atoms with Gasteiger partial charge in [-0.2, -0.15) is 0 Å². The molecule has 1 aliphatic rings. The summed E-state index contributed by atoms with van der Waals surface area (Å²) < 4.78 is 0. The third-order valence-corrected chi connectivity index (χ3v) is 5.34. The standard InChI is InChI=1S/C17H19N3OS2/c1-11-9-12(2)18-16-15(11)20(7-8-23-16)17(21)19-13-5-4-6-14(10-13)22-3/h4-6,9-10H,7-8H2,1-3H3,(H,19,21). The summed E-state index contributed by atoms with van der Waals surface area (Å²) in [5.74, 6) is 0.862. The third-order valence-electron chi connectivity index (χ3n) is 3.67. The molecule has 120 valence electrons. The second kappa shape index (κ2) is 6.84. The highest BCUT2D eigenvalue weighted by Gasteiger charge is 2.26. The molecule has 3 rings (SSSR count). The molecule has 2 aromatic rings. The Morgan fingerprint density at radius 1 is 1.35 bits per heavy atom. The van der Waals surface area contributed by atoms with Crippen LogP contribution in [-0.4, -0.2) is 29.6 Å². The molecule has 1 aromatic heterocycles. The number of anilines is 2. The molecule has 23 heavy (non-hydrogen) atoms. The van der Waals surface area contributed by atoms with Gasteiger partial charge in [0.15, 0.2) is 0 Å². The molecule has 0 bridgehead atoms. The molecule has 0 saturated heterocycles. The van der Waals surface area contributed by atoms with Crippen LogP contribution >= 0.6 is 23.5 Å². The van der Waals surface area contributed by atoms with Crippen molar-refractivity contribution in [1.29, 1.82) is 0 Å². The van der Waals surface area contributed by atoms with Crippen molar-refractivity contribution in [1.82, 2.24) is 4.98 Å². The first-order valence-corrected chi connectivity index (χ1v) is 9.63. The summed E-state index contributed by atoms with van der Waals surface area (Å²) in [6, 6.07) is 9.82. The van der Waals surface area contributed by atoms with Crippen LogP contribution in [0.2, 0.25) is 0 Å². The van der Waals surface area contributed by atoms with Gasteiger partial charge in [-0.3, -0.25) is 4.90 Å². The van der Waals surface area contributed by atoms with Gasteiger partial charge < -0.3 is 5.32 Å². The van der Waals surface area contributed by atoms with Crippen molar-refractivity contribution in [3.8, 4) is 0 Å². The van der Waals surface area contributed by atoms with Gasteiger partial charge in [0.05, 0.1) is 5.69 Å². The highest BCUT2D eigenvalue weighted by atomic mass is 32.2. The fourth-order valence-electron chi connectivity index (χ4n) is 2.67. The molecule has 1 aromatic carbocycles. The summed E-state index contributed by atoms with van der Waals surface area (Å²) in [4.78, 5) is 20.3. The van der Waals surface area contributed by atoms with Gasteiger partial charge in [-0.25, -0.2) is 9.78 Å². The van der Waals surface area contributed by atoms with E-state index in [0.717, 1.165) is 38.3 Å².